The van der Waals surface area contributed by atoms with Crippen LogP contribution in [0.5, 0.6) is 0 Å². The van der Waals surface area contributed by atoms with E-state index in [2.05, 4.69) is 13.0 Å². The molecule has 0 spiro atoms. The third-order valence-electron chi connectivity index (χ3n) is 14.8. The number of fused-ring (bicyclic) bond motifs is 3. The van der Waals surface area contributed by atoms with Crippen molar-refractivity contribution in [3.63, 3.8) is 0 Å². The van der Waals surface area contributed by atoms with E-state index in [0.29, 0.717) is 63.4 Å². The summed E-state index contributed by atoms with van der Waals surface area (Å²) >= 11 is 0. The number of piperidine rings is 1. The number of amides is 1. The number of Topliss-reactive ketones (excluding diaryl/α,β-unsaturated/α-hetero) is 2. The molecule has 3 heterocycles. The predicted octanol–water partition coefficient (Wildman–Crippen LogP) is 6.59. The van der Waals surface area contributed by atoms with Gasteiger partial charge in [0.25, 0.3) is 11.7 Å². The Hall–Kier alpha value is -3.04. The Morgan fingerprint density at radius 2 is 1.58 bits per heavy atom. The number of aliphatic hydroxyl groups excluding tert-OH is 3. The molecule has 2 saturated heterocycles. The number of ether oxygens (including phenoxy) is 4. The predicted molar refractivity (Wildman–Crippen MR) is 245 cm³/mol. The maximum absolute atomic E-state index is 14.4. The summed E-state index contributed by atoms with van der Waals surface area (Å²) in [5.41, 5.74) is 1.46. The van der Waals surface area contributed by atoms with Crippen molar-refractivity contribution in [2.45, 2.75) is 187 Å². The van der Waals surface area contributed by atoms with Crippen LogP contribution >= 0.6 is 0 Å². The van der Waals surface area contributed by atoms with Gasteiger partial charge in [-0.1, -0.05) is 78.0 Å². The number of esters is 1. The largest absolute Gasteiger partial charge is 0.460 e. The van der Waals surface area contributed by atoms with E-state index in [9.17, 15) is 39.6 Å². The monoisotopic (exact) mass is 900 g/mol. The molecule has 0 aromatic rings. The van der Waals surface area contributed by atoms with Crippen molar-refractivity contribution in [3.05, 3.63) is 47.6 Å². The van der Waals surface area contributed by atoms with Crippen molar-refractivity contribution in [3.8, 4) is 0 Å². The van der Waals surface area contributed by atoms with E-state index in [0.717, 1.165) is 12.0 Å². The first-order chi connectivity index (χ1) is 30.2. The maximum atomic E-state index is 14.4. The molecule has 3 aliphatic heterocycles. The highest BCUT2D eigenvalue weighted by atomic mass is 16.6. The Morgan fingerprint density at radius 1 is 0.859 bits per heavy atom. The number of hydrogen-bond donors (Lipinski definition) is 4. The van der Waals surface area contributed by atoms with E-state index in [1.165, 1.54) is 4.90 Å². The lowest BCUT2D eigenvalue weighted by Gasteiger charge is -2.42. The summed E-state index contributed by atoms with van der Waals surface area (Å²) in [6, 6.07) is -1.12. The Balaban J connectivity index is 1.69. The Kier molecular flexibility index (Phi) is 20.6. The van der Waals surface area contributed by atoms with E-state index in [-0.39, 0.29) is 54.9 Å². The number of nitrogens with zero attached hydrogens (tertiary/aromatic N) is 1. The molecule has 0 radical (unpaired) electrons. The smallest absolute Gasteiger partial charge is 0.329 e. The van der Waals surface area contributed by atoms with Crippen LogP contribution in [0.25, 0.3) is 0 Å². The lowest BCUT2D eigenvalue weighted by Crippen LogP contribution is -2.61. The SMILES string of the molecule is CO[C@H]1C[C@@H]2CC[C@@H](C)[C@@](O)(O2)C(=O)C(=O)N2CCCC[C@H]2C(=O)O[C@H]([C@H](C)C[C@@H]2CC[C@@H](O)[C@H](OC)C2)CC(=O)[C@H](C)/C=C(\C)[C@@H](O)[C@@H](C)C(O)[C@H](C)C[C@H](C)/C=C/C=CC=C1C. The van der Waals surface area contributed by atoms with Crippen molar-refractivity contribution in [1.29, 1.82) is 0 Å². The van der Waals surface area contributed by atoms with Crippen molar-refractivity contribution in [1.82, 2.24) is 4.90 Å². The van der Waals surface area contributed by atoms with Crippen LogP contribution in [0.3, 0.4) is 0 Å². The zero-order valence-corrected chi connectivity index (χ0v) is 40.3. The molecule has 13 heteroatoms. The molecule has 3 fully saturated rings. The first kappa shape index (κ1) is 53.6. The Morgan fingerprint density at radius 3 is 2.27 bits per heavy atom. The molecule has 1 amide bonds. The van der Waals surface area contributed by atoms with E-state index in [1.54, 1.807) is 41.1 Å². The number of allylic oxidation sites excluding steroid dienone is 6. The van der Waals surface area contributed by atoms with Crippen LogP contribution in [0.2, 0.25) is 0 Å². The molecule has 4 aliphatic rings. The second-order valence-corrected chi connectivity index (χ2v) is 20.0. The highest BCUT2D eigenvalue weighted by Crippen LogP contribution is 2.38. The normalized spacial score (nSPS) is 40.7. The summed E-state index contributed by atoms with van der Waals surface area (Å²) in [6.45, 7) is 15.0. The van der Waals surface area contributed by atoms with Gasteiger partial charge in [0.05, 0.1) is 36.6 Å². The number of methoxy groups -OCH3 is 2. The molecule has 4 N–H and O–H groups in total. The third kappa shape index (κ3) is 14.0. The minimum absolute atomic E-state index is 0.104. The van der Waals surface area contributed by atoms with Gasteiger partial charge in [-0.05, 0) is 113 Å². The number of carbonyl (C=O) groups is 4. The molecule has 64 heavy (non-hydrogen) atoms. The number of ketones is 2. The average molecular weight is 900 g/mol. The Labute approximate surface area is 382 Å². The van der Waals surface area contributed by atoms with Crippen LogP contribution in [-0.4, -0.2) is 124 Å². The van der Waals surface area contributed by atoms with E-state index < -0.39 is 83.9 Å². The molecule has 1 unspecified atom stereocenters. The quantitative estimate of drug-likeness (QED) is 0.132. The molecule has 13 nitrogen and oxygen atoms in total. The molecule has 16 atom stereocenters. The van der Waals surface area contributed by atoms with E-state index >= 15 is 0 Å². The standard InChI is InChI=1S/C51H81NO12/c1-30-16-12-11-13-17-31(2)43(61-9)28-39-21-19-36(7)51(60,64-39)48(57)49(58)52-23-15-14-18-40(52)50(59)63-44(33(4)26-38-20-22-41(53)45(27-38)62-10)29-42(54)32(3)25-35(6)47(56)37(8)46(55)34(5)24-30/h11-13,16-17,25,30,32-34,36-41,43-47,53,55-56,60H,14-15,18-24,26-29H2,1-10H3/b13-11?,16-12+,31-17?,35-25+/t30-,32-,33-,34-,36-,37+,38+,39+,40+,41-,43+,44+,45-,46?,47-,51-/m1/s1. The fourth-order valence-corrected chi connectivity index (χ4v) is 10.4. The molecule has 0 aromatic carbocycles. The summed E-state index contributed by atoms with van der Waals surface area (Å²) in [4.78, 5) is 58.1. The summed E-state index contributed by atoms with van der Waals surface area (Å²) in [5, 5.41) is 45.2. The van der Waals surface area contributed by atoms with Crippen LogP contribution in [0.4, 0.5) is 0 Å². The van der Waals surface area contributed by atoms with Gasteiger partial charge in [0.2, 0.25) is 5.79 Å². The lowest BCUT2D eigenvalue weighted by molar-refractivity contribution is -0.265. The summed E-state index contributed by atoms with van der Waals surface area (Å²) in [7, 11) is 3.17. The van der Waals surface area contributed by atoms with Gasteiger partial charge < -0.3 is 44.3 Å². The lowest BCUT2D eigenvalue weighted by atomic mass is 9.78. The number of aliphatic hydroxyl groups is 4. The minimum Gasteiger partial charge on any atom is -0.460 e. The fourth-order valence-electron chi connectivity index (χ4n) is 10.4. The molecule has 2 bridgehead atoms. The zero-order chi connectivity index (χ0) is 47.5. The van der Waals surface area contributed by atoms with Crippen molar-refractivity contribution in [2.24, 2.45) is 41.4 Å². The zero-order valence-electron chi connectivity index (χ0n) is 40.3. The molecule has 1 saturated carbocycles. The highest BCUT2D eigenvalue weighted by molar-refractivity contribution is 6.39. The van der Waals surface area contributed by atoms with E-state index in [4.69, 9.17) is 18.9 Å². The van der Waals surface area contributed by atoms with Gasteiger partial charge in [0.1, 0.15) is 17.9 Å². The van der Waals surface area contributed by atoms with Crippen LogP contribution in [0.1, 0.15) is 132 Å². The van der Waals surface area contributed by atoms with Crippen LogP contribution < -0.4 is 0 Å². The number of carbonyl (C=O) groups excluding carboxylic acids is 4. The summed E-state index contributed by atoms with van der Waals surface area (Å²) < 4.78 is 23.8. The fraction of sp³-hybridized carbons (Fsp3) is 0.765. The van der Waals surface area contributed by atoms with Crippen molar-refractivity contribution < 1.29 is 58.6 Å². The van der Waals surface area contributed by atoms with E-state index in [1.807, 2.05) is 52.0 Å². The summed E-state index contributed by atoms with van der Waals surface area (Å²) in [6.07, 6.45) is 12.7. The molecule has 362 valence electrons. The molecule has 0 aromatic heterocycles. The molecule has 4 rings (SSSR count). The van der Waals surface area contributed by atoms with Gasteiger partial charge in [-0.2, -0.15) is 0 Å². The number of rotatable bonds is 5. The second-order valence-electron chi connectivity index (χ2n) is 20.0. The Bertz CT molecular complexity index is 1690. The number of cyclic esters (lactones) is 1. The topological polar surface area (TPSA) is 189 Å². The molecular formula is C51H81NO12. The molecular weight excluding hydrogens is 819 g/mol. The molecule has 1 aliphatic carbocycles. The van der Waals surface area contributed by atoms with Gasteiger partial charge >= 0.3 is 5.97 Å². The minimum atomic E-state index is -2.41. The van der Waals surface area contributed by atoms with Crippen molar-refractivity contribution >= 4 is 23.4 Å². The third-order valence-corrected chi connectivity index (χ3v) is 14.8. The van der Waals surface area contributed by atoms with Gasteiger partial charge in [0, 0.05) is 51.4 Å². The number of hydrogen-bond acceptors (Lipinski definition) is 12. The van der Waals surface area contributed by atoms with Gasteiger partial charge in [-0.3, -0.25) is 14.4 Å². The van der Waals surface area contributed by atoms with Gasteiger partial charge in [0.15, 0.2) is 0 Å². The summed E-state index contributed by atoms with van der Waals surface area (Å²) in [5.74, 6) is -7.51. The first-order valence-electron chi connectivity index (χ1n) is 24.0. The van der Waals surface area contributed by atoms with Crippen LogP contribution in [-0.2, 0) is 38.1 Å². The average Bonchev–Trinajstić information content (AvgIpc) is 3.27. The maximum Gasteiger partial charge on any atom is 0.329 e. The van der Waals surface area contributed by atoms with Crippen molar-refractivity contribution in [2.75, 3.05) is 20.8 Å². The highest BCUT2D eigenvalue weighted by Gasteiger charge is 2.53. The van der Waals surface area contributed by atoms with Crippen LogP contribution in [0, 0.1) is 41.4 Å². The first-order valence-corrected chi connectivity index (χ1v) is 24.0. The van der Waals surface area contributed by atoms with Gasteiger partial charge in [-0.15, -0.1) is 0 Å². The second kappa shape index (κ2) is 24.6. The van der Waals surface area contributed by atoms with Crippen LogP contribution in [0.15, 0.2) is 47.6 Å². The van der Waals surface area contributed by atoms with Gasteiger partial charge in [-0.25, -0.2) is 4.79 Å².